The molecule has 20 heavy (non-hydrogen) atoms. The molecule has 110 valence electrons. The zero-order valence-electron chi connectivity index (χ0n) is 10.8. The van der Waals surface area contributed by atoms with E-state index in [2.05, 4.69) is 10.6 Å². The van der Waals surface area contributed by atoms with Gasteiger partial charge >= 0.3 is 12.0 Å². The van der Waals surface area contributed by atoms with Crippen LogP contribution in [0.1, 0.15) is 20.3 Å². The number of hydrogen-bond donors (Lipinski definition) is 3. The fourth-order valence-corrected chi connectivity index (χ4v) is 1.91. The van der Waals surface area contributed by atoms with Gasteiger partial charge < -0.3 is 15.7 Å². The van der Waals surface area contributed by atoms with Gasteiger partial charge in [-0.25, -0.2) is 9.59 Å². The SMILES string of the molecule is CCC(C)(NC(=O)Nc1cc(Cl)c(Cl)cc1Cl)C(=O)O. The number of carbonyl (C=O) groups excluding carboxylic acids is 1. The Labute approximate surface area is 131 Å². The Kier molecular flexibility index (Phi) is 5.50. The number of halogens is 3. The first kappa shape index (κ1) is 16.9. The van der Waals surface area contributed by atoms with Crippen molar-refractivity contribution in [3.05, 3.63) is 27.2 Å². The van der Waals surface area contributed by atoms with Gasteiger partial charge in [0.05, 0.1) is 20.8 Å². The highest BCUT2D eigenvalue weighted by atomic mass is 35.5. The minimum absolute atomic E-state index is 0.197. The molecule has 8 heteroatoms. The van der Waals surface area contributed by atoms with E-state index in [4.69, 9.17) is 39.9 Å². The van der Waals surface area contributed by atoms with Crippen LogP contribution >= 0.6 is 34.8 Å². The Balaban J connectivity index is 2.87. The summed E-state index contributed by atoms with van der Waals surface area (Å²) < 4.78 is 0. The van der Waals surface area contributed by atoms with Crippen LogP contribution in [0.2, 0.25) is 15.1 Å². The second-order valence-corrected chi connectivity index (χ2v) is 5.54. The average molecular weight is 340 g/mol. The molecule has 3 N–H and O–H groups in total. The first-order valence-electron chi connectivity index (χ1n) is 5.66. The van der Waals surface area contributed by atoms with Gasteiger partial charge in [0.25, 0.3) is 0 Å². The van der Waals surface area contributed by atoms with E-state index < -0.39 is 17.5 Å². The number of carbonyl (C=O) groups is 2. The first-order valence-corrected chi connectivity index (χ1v) is 6.80. The second-order valence-electron chi connectivity index (χ2n) is 4.32. The molecule has 0 aliphatic carbocycles. The lowest BCUT2D eigenvalue weighted by atomic mass is 10.00. The van der Waals surface area contributed by atoms with E-state index in [0.29, 0.717) is 0 Å². The maximum absolute atomic E-state index is 11.8. The average Bonchev–Trinajstić information content (AvgIpc) is 2.35. The van der Waals surface area contributed by atoms with Gasteiger partial charge in [-0.2, -0.15) is 0 Å². The fourth-order valence-electron chi connectivity index (χ4n) is 1.32. The van der Waals surface area contributed by atoms with Crippen molar-refractivity contribution in [2.75, 3.05) is 5.32 Å². The summed E-state index contributed by atoms with van der Waals surface area (Å²) in [7, 11) is 0. The van der Waals surface area contributed by atoms with Crippen molar-refractivity contribution < 1.29 is 14.7 Å². The van der Waals surface area contributed by atoms with E-state index in [1.807, 2.05) is 0 Å². The number of amides is 2. The third-order valence-electron chi connectivity index (χ3n) is 2.83. The first-order chi connectivity index (χ1) is 9.19. The van der Waals surface area contributed by atoms with Gasteiger partial charge in [0.15, 0.2) is 0 Å². The monoisotopic (exact) mass is 338 g/mol. The Hall–Kier alpha value is -1.17. The lowest BCUT2D eigenvalue weighted by Crippen LogP contribution is -2.53. The van der Waals surface area contributed by atoms with Crippen LogP contribution in [0.25, 0.3) is 0 Å². The van der Waals surface area contributed by atoms with Crippen molar-refractivity contribution in [3.8, 4) is 0 Å². The maximum atomic E-state index is 11.8. The van der Waals surface area contributed by atoms with Gasteiger partial charge in [-0.05, 0) is 25.5 Å². The van der Waals surface area contributed by atoms with Gasteiger partial charge in [-0.3, -0.25) is 0 Å². The standard InChI is InChI=1S/C12H13Cl3N2O3/c1-3-12(2,10(18)19)17-11(20)16-9-5-7(14)6(13)4-8(9)15/h4-5H,3H2,1-2H3,(H,18,19)(H2,16,17,20). The molecule has 5 nitrogen and oxygen atoms in total. The van der Waals surface area contributed by atoms with Gasteiger partial charge in [-0.15, -0.1) is 0 Å². The third-order valence-corrected chi connectivity index (χ3v) is 3.86. The van der Waals surface area contributed by atoms with Crippen molar-refractivity contribution in [2.24, 2.45) is 0 Å². The molecule has 0 aliphatic heterocycles. The number of anilines is 1. The number of hydrogen-bond acceptors (Lipinski definition) is 2. The molecule has 0 bridgehead atoms. The number of carboxylic acids is 1. The summed E-state index contributed by atoms with van der Waals surface area (Å²) in [6.45, 7) is 3.06. The number of carboxylic acid groups (broad SMARTS) is 1. The number of urea groups is 1. The van der Waals surface area contributed by atoms with Crippen molar-refractivity contribution in [1.29, 1.82) is 0 Å². The minimum Gasteiger partial charge on any atom is -0.480 e. The molecule has 0 spiro atoms. The van der Waals surface area contributed by atoms with Crippen LogP contribution in [0.4, 0.5) is 10.5 Å². The molecule has 0 saturated heterocycles. The largest absolute Gasteiger partial charge is 0.480 e. The molecule has 0 fully saturated rings. The molecule has 1 atom stereocenters. The highest BCUT2D eigenvalue weighted by Crippen LogP contribution is 2.32. The van der Waals surface area contributed by atoms with E-state index in [1.165, 1.54) is 19.1 Å². The predicted octanol–water partition coefficient (Wildman–Crippen LogP) is 4.02. The molecule has 0 saturated carbocycles. The summed E-state index contributed by atoms with van der Waals surface area (Å²) in [6.07, 6.45) is 0.227. The summed E-state index contributed by atoms with van der Waals surface area (Å²) in [6, 6.07) is 2.07. The fraction of sp³-hybridized carbons (Fsp3) is 0.333. The van der Waals surface area contributed by atoms with Gasteiger partial charge in [0.1, 0.15) is 5.54 Å². The molecular formula is C12H13Cl3N2O3. The highest BCUT2D eigenvalue weighted by molar-refractivity contribution is 6.44. The van der Waals surface area contributed by atoms with E-state index in [-0.39, 0.29) is 27.2 Å². The summed E-state index contributed by atoms with van der Waals surface area (Å²) in [5.74, 6) is -1.13. The minimum atomic E-state index is -1.37. The predicted molar refractivity (Wildman–Crippen MR) is 80.0 cm³/mol. The van der Waals surface area contributed by atoms with Gasteiger partial charge in [0.2, 0.25) is 0 Å². The van der Waals surface area contributed by atoms with E-state index in [9.17, 15) is 9.59 Å². The molecular weight excluding hydrogens is 327 g/mol. The zero-order valence-corrected chi connectivity index (χ0v) is 13.0. The van der Waals surface area contributed by atoms with Crippen molar-refractivity contribution in [1.82, 2.24) is 5.32 Å². The normalized spacial score (nSPS) is 13.4. The summed E-state index contributed by atoms with van der Waals surface area (Å²) in [5, 5.41) is 14.6. The molecule has 0 aromatic heterocycles. The molecule has 0 aliphatic rings. The van der Waals surface area contributed by atoms with E-state index >= 15 is 0 Å². The van der Waals surface area contributed by atoms with Crippen molar-refractivity contribution in [2.45, 2.75) is 25.8 Å². The van der Waals surface area contributed by atoms with Crippen molar-refractivity contribution >= 4 is 52.5 Å². The van der Waals surface area contributed by atoms with Crippen LogP contribution < -0.4 is 10.6 Å². The molecule has 1 unspecified atom stereocenters. The quantitative estimate of drug-likeness (QED) is 0.725. The Morgan fingerprint density at radius 3 is 2.25 bits per heavy atom. The Morgan fingerprint density at radius 1 is 1.20 bits per heavy atom. The second kappa shape index (κ2) is 6.52. The van der Waals surface area contributed by atoms with E-state index in [0.717, 1.165) is 0 Å². The topological polar surface area (TPSA) is 78.4 Å². The van der Waals surface area contributed by atoms with Crippen LogP contribution in [0.15, 0.2) is 12.1 Å². The van der Waals surface area contributed by atoms with E-state index in [1.54, 1.807) is 6.92 Å². The van der Waals surface area contributed by atoms with Crippen LogP contribution in [-0.2, 0) is 4.79 Å². The molecule has 2 amide bonds. The van der Waals surface area contributed by atoms with Crippen LogP contribution in [0, 0.1) is 0 Å². The smallest absolute Gasteiger partial charge is 0.329 e. The zero-order chi connectivity index (χ0) is 15.5. The lowest BCUT2D eigenvalue weighted by Gasteiger charge is -2.24. The maximum Gasteiger partial charge on any atom is 0.329 e. The summed E-state index contributed by atoms with van der Waals surface area (Å²) in [5.41, 5.74) is -1.13. The van der Waals surface area contributed by atoms with Crippen LogP contribution in [-0.4, -0.2) is 22.6 Å². The lowest BCUT2D eigenvalue weighted by molar-refractivity contribution is -0.143. The molecule has 1 aromatic carbocycles. The highest BCUT2D eigenvalue weighted by Gasteiger charge is 2.32. The Bertz CT molecular complexity index is 551. The molecule has 0 heterocycles. The van der Waals surface area contributed by atoms with Crippen LogP contribution in [0.3, 0.4) is 0 Å². The van der Waals surface area contributed by atoms with Gasteiger partial charge in [-0.1, -0.05) is 41.7 Å². The third kappa shape index (κ3) is 3.91. The summed E-state index contributed by atoms with van der Waals surface area (Å²) in [4.78, 5) is 22.9. The number of aliphatic carboxylic acids is 1. The molecule has 1 aromatic rings. The number of rotatable bonds is 4. The summed E-state index contributed by atoms with van der Waals surface area (Å²) >= 11 is 17.5. The molecule has 1 rings (SSSR count). The molecule has 0 radical (unpaired) electrons. The van der Waals surface area contributed by atoms with Crippen molar-refractivity contribution in [3.63, 3.8) is 0 Å². The Morgan fingerprint density at radius 2 is 1.75 bits per heavy atom. The van der Waals surface area contributed by atoms with Crippen LogP contribution in [0.5, 0.6) is 0 Å². The number of benzene rings is 1. The number of nitrogens with one attached hydrogen (secondary N) is 2. The van der Waals surface area contributed by atoms with Gasteiger partial charge in [0, 0.05) is 0 Å².